The standard InChI is InChI=1S/C27H47NO2/c1-10-22(6)13-11-14-23(7)15-12-16-24(8)18-26(17-20(2)3)19-25(9)28-27(29)30-21(4)5/h10,14,16-17,21,25-26H,11-13,15,18-19H2,1-9H3,(H,28,29)/b22-10+,23-14+,24-16+. The average Bonchev–Trinajstić information content (AvgIpc) is 2.59. The number of hydrogen-bond donors (Lipinski definition) is 1. The van der Waals surface area contributed by atoms with E-state index >= 15 is 0 Å². The van der Waals surface area contributed by atoms with Crippen molar-refractivity contribution in [3.05, 3.63) is 46.6 Å². The maximum absolute atomic E-state index is 11.9. The van der Waals surface area contributed by atoms with Gasteiger partial charge in [0, 0.05) is 6.04 Å². The molecular formula is C27H47NO2. The van der Waals surface area contributed by atoms with Crippen molar-refractivity contribution < 1.29 is 9.53 Å². The van der Waals surface area contributed by atoms with E-state index in [4.69, 9.17) is 4.74 Å². The van der Waals surface area contributed by atoms with E-state index in [-0.39, 0.29) is 18.2 Å². The lowest BCUT2D eigenvalue weighted by Crippen LogP contribution is -2.35. The van der Waals surface area contributed by atoms with Crippen LogP contribution < -0.4 is 5.32 Å². The van der Waals surface area contributed by atoms with E-state index in [2.05, 4.69) is 78.1 Å². The highest BCUT2D eigenvalue weighted by Crippen LogP contribution is 2.21. The predicted octanol–water partition coefficient (Wildman–Crippen LogP) is 8.29. The van der Waals surface area contributed by atoms with E-state index in [1.54, 1.807) is 0 Å². The number of ether oxygens (including phenoxy) is 1. The fourth-order valence-corrected chi connectivity index (χ4v) is 3.48. The molecule has 1 N–H and O–H groups in total. The maximum atomic E-state index is 11.9. The zero-order valence-corrected chi connectivity index (χ0v) is 21.1. The summed E-state index contributed by atoms with van der Waals surface area (Å²) in [6.07, 6.45) is 15.3. The summed E-state index contributed by atoms with van der Waals surface area (Å²) in [7, 11) is 0. The summed E-state index contributed by atoms with van der Waals surface area (Å²) in [5.41, 5.74) is 5.68. The monoisotopic (exact) mass is 417 g/mol. The van der Waals surface area contributed by atoms with E-state index in [9.17, 15) is 4.79 Å². The first-order valence-corrected chi connectivity index (χ1v) is 11.6. The zero-order valence-electron chi connectivity index (χ0n) is 21.1. The van der Waals surface area contributed by atoms with Gasteiger partial charge in [-0.25, -0.2) is 4.79 Å². The lowest BCUT2D eigenvalue weighted by atomic mass is 9.91. The Morgan fingerprint density at radius 3 is 2.00 bits per heavy atom. The number of nitrogens with one attached hydrogen (secondary N) is 1. The van der Waals surface area contributed by atoms with Crippen molar-refractivity contribution in [1.82, 2.24) is 5.32 Å². The predicted molar refractivity (Wildman–Crippen MR) is 132 cm³/mol. The lowest BCUT2D eigenvalue weighted by Gasteiger charge is -2.21. The average molecular weight is 418 g/mol. The minimum atomic E-state index is -0.326. The van der Waals surface area contributed by atoms with Crippen molar-refractivity contribution in [1.29, 1.82) is 0 Å². The van der Waals surface area contributed by atoms with Gasteiger partial charge in [0.1, 0.15) is 0 Å². The molecule has 1 amide bonds. The van der Waals surface area contributed by atoms with Gasteiger partial charge in [0.2, 0.25) is 0 Å². The summed E-state index contributed by atoms with van der Waals surface area (Å²) in [6, 6.07) is 0.0791. The van der Waals surface area contributed by atoms with Gasteiger partial charge in [-0.2, -0.15) is 0 Å². The van der Waals surface area contributed by atoms with E-state index in [0.717, 1.165) is 38.5 Å². The van der Waals surface area contributed by atoms with Crippen molar-refractivity contribution >= 4 is 6.09 Å². The molecule has 0 aliphatic rings. The number of allylic oxidation sites excluding steroid dienone is 8. The first kappa shape index (κ1) is 28.2. The molecule has 0 radical (unpaired) electrons. The van der Waals surface area contributed by atoms with Gasteiger partial charge in [-0.3, -0.25) is 0 Å². The summed E-state index contributed by atoms with van der Waals surface area (Å²) in [5, 5.41) is 2.96. The molecule has 0 aliphatic carbocycles. The van der Waals surface area contributed by atoms with Gasteiger partial charge in [-0.15, -0.1) is 0 Å². The number of carbonyl (C=O) groups excluding carboxylic acids is 1. The van der Waals surface area contributed by atoms with Gasteiger partial charge in [0.15, 0.2) is 0 Å². The Balaban J connectivity index is 4.65. The Morgan fingerprint density at radius 1 is 0.900 bits per heavy atom. The minimum Gasteiger partial charge on any atom is -0.447 e. The highest BCUT2D eigenvalue weighted by Gasteiger charge is 2.15. The van der Waals surface area contributed by atoms with Crippen molar-refractivity contribution in [3.63, 3.8) is 0 Å². The molecular weight excluding hydrogens is 370 g/mol. The summed E-state index contributed by atoms with van der Waals surface area (Å²) < 4.78 is 5.20. The van der Waals surface area contributed by atoms with Crippen LogP contribution in [0, 0.1) is 5.92 Å². The van der Waals surface area contributed by atoms with Crippen LogP contribution in [0.2, 0.25) is 0 Å². The van der Waals surface area contributed by atoms with Crippen LogP contribution in [0.1, 0.15) is 101 Å². The molecule has 0 aromatic rings. The molecule has 30 heavy (non-hydrogen) atoms. The smallest absolute Gasteiger partial charge is 0.407 e. The van der Waals surface area contributed by atoms with Crippen LogP contribution in [0.4, 0.5) is 4.79 Å². The van der Waals surface area contributed by atoms with Crippen molar-refractivity contribution in [2.24, 2.45) is 5.92 Å². The second-order valence-electron chi connectivity index (χ2n) is 9.26. The summed E-state index contributed by atoms with van der Waals surface area (Å²) in [6.45, 7) is 18.8. The first-order valence-electron chi connectivity index (χ1n) is 11.6. The molecule has 0 bridgehead atoms. The van der Waals surface area contributed by atoms with Gasteiger partial charge in [0.05, 0.1) is 6.10 Å². The highest BCUT2D eigenvalue weighted by molar-refractivity contribution is 5.67. The van der Waals surface area contributed by atoms with Crippen LogP contribution in [-0.2, 0) is 4.74 Å². The number of alkyl carbamates (subject to hydrolysis) is 1. The number of carbonyl (C=O) groups is 1. The zero-order chi connectivity index (χ0) is 23.1. The van der Waals surface area contributed by atoms with Crippen LogP contribution >= 0.6 is 0 Å². The fourth-order valence-electron chi connectivity index (χ4n) is 3.48. The molecule has 0 aromatic heterocycles. The largest absolute Gasteiger partial charge is 0.447 e. The number of amides is 1. The lowest BCUT2D eigenvalue weighted by molar-refractivity contribution is 0.112. The molecule has 3 heteroatoms. The maximum Gasteiger partial charge on any atom is 0.407 e. The molecule has 0 aliphatic heterocycles. The van der Waals surface area contributed by atoms with Gasteiger partial charge >= 0.3 is 6.09 Å². The molecule has 2 atom stereocenters. The third-order valence-electron chi connectivity index (χ3n) is 5.07. The van der Waals surface area contributed by atoms with Crippen LogP contribution in [0.5, 0.6) is 0 Å². The van der Waals surface area contributed by atoms with Crippen molar-refractivity contribution in [3.8, 4) is 0 Å². The van der Waals surface area contributed by atoms with E-state index in [1.165, 1.54) is 22.3 Å². The molecule has 3 nitrogen and oxygen atoms in total. The number of hydrogen-bond acceptors (Lipinski definition) is 2. The Hall–Kier alpha value is -1.77. The summed E-state index contributed by atoms with van der Waals surface area (Å²) >= 11 is 0. The van der Waals surface area contributed by atoms with Crippen molar-refractivity contribution in [2.45, 2.75) is 113 Å². The second-order valence-corrected chi connectivity index (χ2v) is 9.26. The molecule has 2 unspecified atom stereocenters. The van der Waals surface area contributed by atoms with E-state index in [1.807, 2.05) is 13.8 Å². The molecule has 172 valence electrons. The van der Waals surface area contributed by atoms with Crippen LogP contribution in [0.15, 0.2) is 46.6 Å². The van der Waals surface area contributed by atoms with E-state index < -0.39 is 0 Å². The topological polar surface area (TPSA) is 38.3 Å². The van der Waals surface area contributed by atoms with Gasteiger partial charge in [-0.05, 0) is 107 Å². The summed E-state index contributed by atoms with van der Waals surface area (Å²) in [4.78, 5) is 11.9. The number of rotatable bonds is 13. The fraction of sp³-hybridized carbons (Fsp3) is 0.667. The molecule has 0 fully saturated rings. The molecule has 0 spiro atoms. The van der Waals surface area contributed by atoms with Crippen molar-refractivity contribution in [2.75, 3.05) is 0 Å². The third kappa shape index (κ3) is 16.1. The first-order chi connectivity index (χ1) is 14.0. The Labute approximate surface area is 186 Å². The van der Waals surface area contributed by atoms with Crippen LogP contribution in [0.3, 0.4) is 0 Å². The SMILES string of the molecule is C/C=C(\C)CC/C=C(\C)CC/C=C(\C)CC(C=C(C)C)CC(C)NC(=O)OC(C)C. The summed E-state index contributed by atoms with van der Waals surface area (Å²) in [5.74, 6) is 0.418. The van der Waals surface area contributed by atoms with Gasteiger partial charge in [0.25, 0.3) is 0 Å². The van der Waals surface area contributed by atoms with Gasteiger partial charge < -0.3 is 10.1 Å². The molecule has 0 saturated heterocycles. The Morgan fingerprint density at radius 2 is 1.47 bits per heavy atom. The third-order valence-corrected chi connectivity index (χ3v) is 5.07. The highest BCUT2D eigenvalue weighted by atomic mass is 16.6. The molecule has 0 aromatic carbocycles. The van der Waals surface area contributed by atoms with E-state index in [0.29, 0.717) is 5.92 Å². The quantitative estimate of drug-likeness (QED) is 0.306. The molecule has 0 saturated carbocycles. The van der Waals surface area contributed by atoms with Gasteiger partial charge in [-0.1, -0.05) is 46.6 Å². The second kappa shape index (κ2) is 16.0. The molecule has 0 rings (SSSR count). The Bertz CT molecular complexity index is 619. The Kier molecular flexibility index (Phi) is 15.0. The minimum absolute atomic E-state index is 0.0791. The van der Waals surface area contributed by atoms with Crippen LogP contribution in [0.25, 0.3) is 0 Å². The molecule has 0 heterocycles. The van der Waals surface area contributed by atoms with Crippen LogP contribution in [-0.4, -0.2) is 18.2 Å². The normalized spacial score (nSPS) is 15.1.